The third kappa shape index (κ3) is 3.05. The van der Waals surface area contributed by atoms with Gasteiger partial charge in [0.05, 0.1) is 13.2 Å². The molecule has 0 atom stereocenters. The molecule has 1 heterocycles. The Hall–Kier alpha value is -0.910. The Labute approximate surface area is 127 Å². The molecule has 2 aliphatic rings. The Bertz CT molecular complexity index is 490. The predicted molar refractivity (Wildman–Crippen MR) is 78.5 cm³/mol. The van der Waals surface area contributed by atoms with Crippen LogP contribution in [0.15, 0.2) is 28.7 Å². The molecule has 0 bridgehead atoms. The molecule has 1 spiro atoms. The predicted octanol–water partition coefficient (Wildman–Crippen LogP) is 2.86. The standard InChI is InChI=1S/C15H18BrNO3/c16-12-3-1-2-11(10-12)14(18)17-13-4-6-15(7-5-13)19-8-9-20-15/h1-3,10,13H,4-9H2,(H,17,18). The maximum atomic E-state index is 12.2. The summed E-state index contributed by atoms with van der Waals surface area (Å²) in [5.74, 6) is -0.378. The molecule has 1 aromatic carbocycles. The van der Waals surface area contributed by atoms with Crippen LogP contribution in [-0.2, 0) is 9.47 Å². The van der Waals surface area contributed by atoms with Gasteiger partial charge in [-0.05, 0) is 31.0 Å². The first-order valence-corrected chi connectivity index (χ1v) is 7.81. The van der Waals surface area contributed by atoms with Crippen molar-refractivity contribution in [1.82, 2.24) is 5.32 Å². The normalized spacial score (nSPS) is 22.1. The molecule has 1 N–H and O–H groups in total. The summed E-state index contributed by atoms with van der Waals surface area (Å²) in [6.45, 7) is 1.38. The molecule has 0 aromatic heterocycles. The zero-order valence-corrected chi connectivity index (χ0v) is 12.8. The molecule has 108 valence electrons. The molecule has 2 fully saturated rings. The summed E-state index contributed by atoms with van der Waals surface area (Å²) in [6, 6.07) is 7.65. The highest BCUT2D eigenvalue weighted by Gasteiger charge is 2.40. The number of hydrogen-bond donors (Lipinski definition) is 1. The maximum Gasteiger partial charge on any atom is 0.251 e. The van der Waals surface area contributed by atoms with Crippen molar-refractivity contribution in [2.75, 3.05) is 13.2 Å². The lowest BCUT2D eigenvalue weighted by Gasteiger charge is -2.35. The van der Waals surface area contributed by atoms with Gasteiger partial charge in [0.15, 0.2) is 5.79 Å². The van der Waals surface area contributed by atoms with Crippen molar-refractivity contribution in [3.63, 3.8) is 0 Å². The molecule has 0 unspecified atom stereocenters. The smallest absolute Gasteiger partial charge is 0.251 e. The number of halogens is 1. The van der Waals surface area contributed by atoms with E-state index in [1.54, 1.807) is 0 Å². The van der Waals surface area contributed by atoms with E-state index in [1.807, 2.05) is 24.3 Å². The fourth-order valence-corrected chi connectivity index (χ4v) is 3.29. The minimum atomic E-state index is -0.364. The van der Waals surface area contributed by atoms with Gasteiger partial charge in [0.25, 0.3) is 5.91 Å². The van der Waals surface area contributed by atoms with Crippen LogP contribution in [0, 0.1) is 0 Å². The second kappa shape index (κ2) is 5.84. The van der Waals surface area contributed by atoms with Gasteiger partial charge in [0.1, 0.15) is 0 Å². The van der Waals surface area contributed by atoms with Gasteiger partial charge in [-0.15, -0.1) is 0 Å². The third-order valence-corrected chi connectivity index (χ3v) is 4.48. The molecule has 1 amide bonds. The lowest BCUT2D eigenvalue weighted by Crippen LogP contribution is -2.44. The summed E-state index contributed by atoms with van der Waals surface area (Å²) >= 11 is 3.38. The fourth-order valence-electron chi connectivity index (χ4n) is 2.89. The van der Waals surface area contributed by atoms with Crippen LogP contribution >= 0.6 is 15.9 Å². The quantitative estimate of drug-likeness (QED) is 0.901. The van der Waals surface area contributed by atoms with Crippen molar-refractivity contribution in [3.05, 3.63) is 34.3 Å². The van der Waals surface area contributed by atoms with E-state index in [2.05, 4.69) is 21.2 Å². The van der Waals surface area contributed by atoms with Crippen molar-refractivity contribution >= 4 is 21.8 Å². The van der Waals surface area contributed by atoms with E-state index in [0.29, 0.717) is 18.8 Å². The third-order valence-electron chi connectivity index (χ3n) is 3.98. The Kier molecular flexibility index (Phi) is 4.10. The van der Waals surface area contributed by atoms with Crippen molar-refractivity contribution in [1.29, 1.82) is 0 Å². The maximum absolute atomic E-state index is 12.2. The highest BCUT2D eigenvalue weighted by Crippen LogP contribution is 2.35. The number of rotatable bonds is 2. The summed E-state index contributed by atoms with van der Waals surface area (Å²) in [5, 5.41) is 3.10. The molecule has 1 saturated carbocycles. The summed E-state index contributed by atoms with van der Waals surface area (Å²) in [7, 11) is 0. The zero-order valence-electron chi connectivity index (χ0n) is 11.2. The van der Waals surface area contributed by atoms with Crippen LogP contribution < -0.4 is 5.32 Å². The van der Waals surface area contributed by atoms with Crippen molar-refractivity contribution < 1.29 is 14.3 Å². The first kappa shape index (κ1) is 14.0. The van der Waals surface area contributed by atoms with Gasteiger partial charge in [-0.1, -0.05) is 22.0 Å². The number of carbonyl (C=O) groups excluding carboxylic acids is 1. The van der Waals surface area contributed by atoms with Crippen LogP contribution in [-0.4, -0.2) is 30.9 Å². The van der Waals surface area contributed by atoms with Crippen molar-refractivity contribution in [2.45, 2.75) is 37.5 Å². The van der Waals surface area contributed by atoms with E-state index in [9.17, 15) is 4.79 Å². The van der Waals surface area contributed by atoms with Gasteiger partial charge in [-0.2, -0.15) is 0 Å². The van der Waals surface area contributed by atoms with Gasteiger partial charge in [0, 0.05) is 28.9 Å². The van der Waals surface area contributed by atoms with Crippen molar-refractivity contribution in [3.8, 4) is 0 Å². The summed E-state index contributed by atoms with van der Waals surface area (Å²) in [5.41, 5.74) is 0.688. The highest BCUT2D eigenvalue weighted by atomic mass is 79.9. The molecule has 3 rings (SSSR count). The number of carbonyl (C=O) groups is 1. The summed E-state index contributed by atoms with van der Waals surface area (Å²) in [4.78, 5) is 12.2. The second-order valence-corrected chi connectivity index (χ2v) is 6.28. The minimum Gasteiger partial charge on any atom is -0.349 e. The topological polar surface area (TPSA) is 47.6 Å². The van der Waals surface area contributed by atoms with E-state index in [-0.39, 0.29) is 17.7 Å². The van der Waals surface area contributed by atoms with E-state index in [1.165, 1.54) is 0 Å². The Morgan fingerprint density at radius 1 is 1.25 bits per heavy atom. The van der Waals surface area contributed by atoms with Crippen LogP contribution in [0.25, 0.3) is 0 Å². The van der Waals surface area contributed by atoms with E-state index >= 15 is 0 Å². The highest BCUT2D eigenvalue weighted by molar-refractivity contribution is 9.10. The number of ether oxygens (including phenoxy) is 2. The van der Waals surface area contributed by atoms with Crippen LogP contribution in [0.3, 0.4) is 0 Å². The average molecular weight is 340 g/mol. The molecule has 1 saturated heterocycles. The van der Waals surface area contributed by atoms with Crippen LogP contribution in [0.4, 0.5) is 0 Å². The van der Waals surface area contributed by atoms with E-state index < -0.39 is 0 Å². The lowest BCUT2D eigenvalue weighted by atomic mass is 9.90. The molecule has 4 nitrogen and oxygen atoms in total. The first-order valence-electron chi connectivity index (χ1n) is 7.01. The largest absolute Gasteiger partial charge is 0.349 e. The summed E-state index contributed by atoms with van der Waals surface area (Å²) in [6.07, 6.45) is 3.52. The average Bonchev–Trinajstić information content (AvgIpc) is 2.90. The second-order valence-electron chi connectivity index (χ2n) is 5.37. The molecule has 1 aromatic rings. The lowest BCUT2D eigenvalue weighted by molar-refractivity contribution is -0.179. The first-order chi connectivity index (χ1) is 9.67. The minimum absolute atomic E-state index is 0.0134. The van der Waals surface area contributed by atoms with E-state index in [4.69, 9.17) is 9.47 Å². The van der Waals surface area contributed by atoms with Crippen LogP contribution in [0.2, 0.25) is 0 Å². The Morgan fingerprint density at radius 3 is 2.60 bits per heavy atom. The zero-order chi connectivity index (χ0) is 14.0. The van der Waals surface area contributed by atoms with Gasteiger partial charge >= 0.3 is 0 Å². The molecular weight excluding hydrogens is 322 g/mol. The number of nitrogens with one attached hydrogen (secondary N) is 1. The SMILES string of the molecule is O=C(NC1CCC2(CC1)OCCO2)c1cccc(Br)c1. The molecule has 1 aliphatic heterocycles. The number of hydrogen-bond acceptors (Lipinski definition) is 3. The molecule has 0 radical (unpaired) electrons. The molecule has 1 aliphatic carbocycles. The van der Waals surface area contributed by atoms with Crippen LogP contribution in [0.5, 0.6) is 0 Å². The number of benzene rings is 1. The summed E-state index contributed by atoms with van der Waals surface area (Å²) < 4.78 is 12.3. The fraction of sp³-hybridized carbons (Fsp3) is 0.533. The Morgan fingerprint density at radius 2 is 1.95 bits per heavy atom. The van der Waals surface area contributed by atoms with Gasteiger partial charge in [-0.3, -0.25) is 4.79 Å². The number of amides is 1. The van der Waals surface area contributed by atoms with Gasteiger partial charge < -0.3 is 14.8 Å². The molecule has 20 heavy (non-hydrogen) atoms. The van der Waals surface area contributed by atoms with Crippen molar-refractivity contribution in [2.24, 2.45) is 0 Å². The van der Waals surface area contributed by atoms with Gasteiger partial charge in [0.2, 0.25) is 0 Å². The monoisotopic (exact) mass is 339 g/mol. The molecular formula is C15H18BrNO3. The molecule has 5 heteroatoms. The van der Waals surface area contributed by atoms with E-state index in [0.717, 1.165) is 30.2 Å². The van der Waals surface area contributed by atoms with Gasteiger partial charge in [-0.25, -0.2) is 0 Å². The van der Waals surface area contributed by atoms with Crippen LogP contribution in [0.1, 0.15) is 36.0 Å². The Balaban J connectivity index is 1.55.